The van der Waals surface area contributed by atoms with E-state index >= 15 is 0 Å². The van der Waals surface area contributed by atoms with Crippen LogP contribution in [0.2, 0.25) is 0 Å². The van der Waals surface area contributed by atoms with Gasteiger partial charge in [-0.05, 0) is 123 Å². The summed E-state index contributed by atoms with van der Waals surface area (Å²) in [4.78, 5) is 19.8. The number of thioether (sulfide) groups is 2. The Morgan fingerprint density at radius 3 is 1.12 bits per heavy atom. The minimum absolute atomic E-state index is 0.0342. The van der Waals surface area contributed by atoms with Gasteiger partial charge in [0.25, 0.3) is 0 Å². The maximum atomic E-state index is 5.01. The van der Waals surface area contributed by atoms with E-state index in [9.17, 15) is 0 Å². The predicted octanol–water partition coefficient (Wildman–Crippen LogP) is 11.4. The zero-order valence-electron chi connectivity index (χ0n) is 28.8. The third kappa shape index (κ3) is 4.99. The van der Waals surface area contributed by atoms with Crippen LogP contribution in [-0.2, 0) is 0 Å². The molecule has 0 saturated heterocycles. The van der Waals surface area contributed by atoms with Crippen LogP contribution in [0.1, 0.15) is 66.8 Å². The van der Waals surface area contributed by atoms with Crippen molar-refractivity contribution < 1.29 is 0 Å². The summed E-state index contributed by atoms with van der Waals surface area (Å²) in [7, 11) is 0. The molecule has 4 aromatic carbocycles. The minimum atomic E-state index is -0.128. The lowest BCUT2D eigenvalue weighted by Gasteiger charge is -2.30. The Kier molecular flexibility index (Phi) is 7.01. The van der Waals surface area contributed by atoms with Crippen molar-refractivity contribution in [1.29, 1.82) is 0 Å². The fraction of sp³-hybridized carbons (Fsp3) is 0.286. The monoisotopic (exact) mass is 664 g/mol. The maximum absolute atomic E-state index is 5.01. The lowest BCUT2D eigenvalue weighted by molar-refractivity contribution is 0.426. The molecule has 0 radical (unpaired) electrons. The molecule has 0 fully saturated rings. The van der Waals surface area contributed by atoms with Crippen molar-refractivity contribution >= 4 is 65.9 Å². The van der Waals surface area contributed by atoms with Gasteiger partial charge in [0.2, 0.25) is 0 Å². The second kappa shape index (κ2) is 10.8. The number of hydrogen-bond donors (Lipinski definition) is 0. The maximum Gasteiger partial charge on any atom is 0.117 e. The first-order valence-corrected chi connectivity index (χ1v) is 18.3. The number of nitrogens with zero attached hydrogens (tertiary/aromatic N) is 4. The van der Waals surface area contributed by atoms with E-state index in [0.717, 1.165) is 43.7 Å². The molecule has 2 aliphatic heterocycles. The van der Waals surface area contributed by atoms with Gasteiger partial charge in [-0.3, -0.25) is 20.0 Å². The lowest BCUT2D eigenvalue weighted by atomic mass is 9.90. The average Bonchev–Trinajstić information content (AvgIpc) is 3.43. The van der Waals surface area contributed by atoms with Gasteiger partial charge in [-0.25, -0.2) is 0 Å². The van der Waals surface area contributed by atoms with Gasteiger partial charge in [0.05, 0.1) is 22.5 Å². The fourth-order valence-electron chi connectivity index (χ4n) is 6.47. The van der Waals surface area contributed by atoms with Gasteiger partial charge in [0, 0.05) is 33.0 Å². The molecule has 240 valence electrons. The molecule has 0 saturated carbocycles. The van der Waals surface area contributed by atoms with E-state index in [4.69, 9.17) is 20.0 Å². The second-order valence-electron chi connectivity index (χ2n) is 15.1. The van der Waals surface area contributed by atoms with Gasteiger partial charge < -0.3 is 0 Å². The Labute approximate surface area is 291 Å². The number of hydrogen-bond acceptors (Lipinski definition) is 6. The second-order valence-corrected chi connectivity index (χ2v) is 18.3. The molecule has 6 heteroatoms. The highest BCUT2D eigenvalue weighted by molar-refractivity contribution is 8.16. The van der Waals surface area contributed by atoms with Gasteiger partial charge in [-0.2, -0.15) is 0 Å². The topological polar surface area (TPSA) is 50.5 Å². The first-order chi connectivity index (χ1) is 22.7. The Morgan fingerprint density at radius 1 is 0.417 bits per heavy atom. The summed E-state index contributed by atoms with van der Waals surface area (Å²) in [6.07, 6.45) is 3.99. The number of fused-ring (bicyclic) bond motifs is 6. The van der Waals surface area contributed by atoms with Crippen molar-refractivity contribution in [3.05, 3.63) is 109 Å². The highest BCUT2D eigenvalue weighted by Crippen LogP contribution is 2.47. The van der Waals surface area contributed by atoms with E-state index in [0.29, 0.717) is 0 Å². The summed E-state index contributed by atoms with van der Waals surface area (Å²) in [6, 6.07) is 31.0. The Bertz CT molecular complexity index is 2140. The van der Waals surface area contributed by atoms with Gasteiger partial charge in [-0.15, -0.1) is 0 Å². The molecule has 2 aromatic heterocycles. The van der Waals surface area contributed by atoms with E-state index in [2.05, 4.69) is 140 Å². The van der Waals surface area contributed by atoms with E-state index in [-0.39, 0.29) is 20.6 Å². The van der Waals surface area contributed by atoms with Crippen molar-refractivity contribution in [2.75, 3.05) is 0 Å². The molecule has 48 heavy (non-hydrogen) atoms. The largest absolute Gasteiger partial charge is 0.269 e. The number of benzene rings is 4. The molecule has 0 amide bonds. The standard InChI is InChI=1S/C42H40N4S2/c1-39(2)41(5,6)47-37(45-39)35-19-15-27(23-43-35)25-13-17-31-32-18-14-26(22-34(32)30-12-10-9-11-29(30)33(31)21-25)28-16-20-36(44-24-28)38-46-40(3,4)42(7,8)48-38/h9-24H,1-8H3. The van der Waals surface area contributed by atoms with Crippen LogP contribution in [0, 0.1) is 0 Å². The summed E-state index contributed by atoms with van der Waals surface area (Å²) in [5, 5.41) is 9.54. The van der Waals surface area contributed by atoms with Crippen molar-refractivity contribution in [2.45, 2.75) is 76.0 Å². The predicted molar refractivity (Wildman–Crippen MR) is 210 cm³/mol. The van der Waals surface area contributed by atoms with E-state index in [1.54, 1.807) is 0 Å². The fourth-order valence-corrected chi connectivity index (χ4v) is 9.03. The summed E-state index contributed by atoms with van der Waals surface area (Å²) in [6.45, 7) is 17.8. The molecule has 0 atom stereocenters. The Hall–Kier alpha value is -4.00. The van der Waals surface area contributed by atoms with Gasteiger partial charge in [0.15, 0.2) is 0 Å². The number of pyridine rings is 2. The Balaban J connectivity index is 1.16. The molecule has 8 rings (SSSR count). The number of aliphatic imine (C=N–C) groups is 2. The average molecular weight is 665 g/mol. The number of aromatic nitrogens is 2. The molecule has 0 aliphatic carbocycles. The molecular formula is C42H40N4S2. The van der Waals surface area contributed by atoms with Crippen LogP contribution < -0.4 is 0 Å². The van der Waals surface area contributed by atoms with Crippen LogP contribution >= 0.6 is 23.5 Å². The molecule has 0 N–H and O–H groups in total. The molecular weight excluding hydrogens is 625 g/mol. The Morgan fingerprint density at radius 2 is 0.792 bits per heavy atom. The zero-order chi connectivity index (χ0) is 33.6. The van der Waals surface area contributed by atoms with Crippen LogP contribution in [0.3, 0.4) is 0 Å². The minimum Gasteiger partial charge on any atom is -0.269 e. The van der Waals surface area contributed by atoms with Crippen molar-refractivity contribution in [1.82, 2.24) is 9.97 Å². The third-order valence-corrected chi connectivity index (χ3v) is 13.9. The first kappa shape index (κ1) is 31.3. The van der Waals surface area contributed by atoms with Crippen molar-refractivity contribution in [2.24, 2.45) is 9.98 Å². The summed E-state index contributed by atoms with van der Waals surface area (Å²) in [5.74, 6) is 0. The summed E-state index contributed by atoms with van der Waals surface area (Å²) in [5.41, 5.74) is 6.16. The van der Waals surface area contributed by atoms with Crippen molar-refractivity contribution in [3.63, 3.8) is 0 Å². The molecule has 6 aromatic rings. The summed E-state index contributed by atoms with van der Waals surface area (Å²) < 4.78 is 0.0683. The van der Waals surface area contributed by atoms with Crippen LogP contribution in [-0.4, -0.2) is 40.6 Å². The molecule has 4 nitrogen and oxygen atoms in total. The molecule has 2 aliphatic rings. The van der Waals surface area contributed by atoms with Gasteiger partial charge in [0.1, 0.15) is 10.1 Å². The van der Waals surface area contributed by atoms with E-state index < -0.39 is 0 Å². The third-order valence-electron chi connectivity index (χ3n) is 10.9. The van der Waals surface area contributed by atoms with E-state index in [1.165, 1.54) is 32.3 Å². The van der Waals surface area contributed by atoms with Crippen LogP contribution in [0.5, 0.6) is 0 Å². The molecule has 0 bridgehead atoms. The zero-order valence-corrected chi connectivity index (χ0v) is 30.5. The van der Waals surface area contributed by atoms with Gasteiger partial charge >= 0.3 is 0 Å². The van der Waals surface area contributed by atoms with Crippen LogP contribution in [0.25, 0.3) is 54.6 Å². The van der Waals surface area contributed by atoms with Crippen LogP contribution in [0.4, 0.5) is 0 Å². The molecule has 0 unspecified atom stereocenters. The van der Waals surface area contributed by atoms with Crippen molar-refractivity contribution in [3.8, 4) is 22.3 Å². The number of rotatable bonds is 4. The smallest absolute Gasteiger partial charge is 0.117 e. The normalized spacial score (nSPS) is 19.2. The molecule has 0 spiro atoms. The summed E-state index contributed by atoms with van der Waals surface area (Å²) >= 11 is 3.63. The van der Waals surface area contributed by atoms with Gasteiger partial charge in [-0.1, -0.05) is 84.2 Å². The quantitative estimate of drug-likeness (QED) is 0.176. The first-order valence-electron chi connectivity index (χ1n) is 16.6. The lowest BCUT2D eigenvalue weighted by Crippen LogP contribution is -2.36. The highest BCUT2D eigenvalue weighted by atomic mass is 32.2. The van der Waals surface area contributed by atoms with E-state index in [1.807, 2.05) is 35.9 Å². The molecule has 4 heterocycles. The highest BCUT2D eigenvalue weighted by Gasteiger charge is 2.45. The van der Waals surface area contributed by atoms with Crippen LogP contribution in [0.15, 0.2) is 107 Å². The SMILES string of the molecule is CC1(C)N=C(c2ccc(-c3ccc4c5ccc(-c6ccc(C7=NC(C)(C)C(C)(C)S7)nc6)cc5c5ccccc5c4c3)cn2)SC1(C)C.